The smallest absolute Gasteiger partial charge is 0.264 e. The number of alkyl halides is 3. The molecule has 0 unspecified atom stereocenters. The molecule has 3 aromatic heterocycles. The maximum atomic E-state index is 13.0. The molecule has 0 aliphatic carbocycles. The highest BCUT2D eigenvalue weighted by Gasteiger charge is 2.34. The summed E-state index contributed by atoms with van der Waals surface area (Å²) in [5.41, 5.74) is -0.809. The van der Waals surface area contributed by atoms with E-state index in [1.54, 1.807) is 12.1 Å². The van der Waals surface area contributed by atoms with E-state index in [4.69, 9.17) is 5.26 Å². The Bertz CT molecular complexity index is 881. The summed E-state index contributed by atoms with van der Waals surface area (Å²) >= 11 is 0. The van der Waals surface area contributed by atoms with E-state index in [0.29, 0.717) is 5.56 Å². The molecule has 0 aliphatic heterocycles. The third-order valence-electron chi connectivity index (χ3n) is 2.75. The minimum atomic E-state index is -4.66. The average Bonchev–Trinajstić information content (AvgIpc) is 3.03. The number of hydrogen-bond acceptors (Lipinski definition) is 6. The van der Waals surface area contributed by atoms with Gasteiger partial charge in [0, 0.05) is 24.0 Å². The van der Waals surface area contributed by atoms with Gasteiger partial charge in [-0.15, -0.1) is 5.10 Å². The third kappa shape index (κ3) is 2.98. The van der Waals surface area contributed by atoms with Crippen molar-refractivity contribution in [3.8, 4) is 23.3 Å². The Morgan fingerprint density at radius 2 is 2.04 bits per heavy atom. The Morgan fingerprint density at radius 3 is 2.65 bits per heavy atom. The lowest BCUT2D eigenvalue weighted by Crippen LogP contribution is -2.12. The summed E-state index contributed by atoms with van der Waals surface area (Å²) in [6.07, 6.45) is -0.725. The average molecular weight is 317 g/mol. The van der Waals surface area contributed by atoms with Gasteiger partial charge in [0.25, 0.3) is 5.82 Å². The van der Waals surface area contributed by atoms with E-state index in [1.165, 1.54) is 18.5 Å². The summed E-state index contributed by atoms with van der Waals surface area (Å²) in [5, 5.41) is 12.4. The largest absolute Gasteiger partial charge is 0.433 e. The van der Waals surface area contributed by atoms with Crippen molar-refractivity contribution in [3.63, 3.8) is 0 Å². The first-order valence-electron chi connectivity index (χ1n) is 6.16. The normalized spacial score (nSPS) is 11.2. The van der Waals surface area contributed by atoms with Gasteiger partial charge in [0.1, 0.15) is 12.4 Å². The van der Waals surface area contributed by atoms with Crippen LogP contribution in [0.1, 0.15) is 11.5 Å². The monoisotopic (exact) mass is 317 g/mol. The molecule has 0 atom stereocenters. The molecule has 0 bridgehead atoms. The van der Waals surface area contributed by atoms with Crippen LogP contribution in [0.3, 0.4) is 0 Å². The lowest BCUT2D eigenvalue weighted by Gasteiger charge is -2.10. The van der Waals surface area contributed by atoms with Gasteiger partial charge in [0.05, 0.1) is 0 Å². The molecule has 0 aliphatic rings. The molecular weight excluding hydrogens is 311 g/mol. The number of pyridine rings is 1. The second-order valence-corrected chi connectivity index (χ2v) is 4.30. The highest BCUT2D eigenvalue weighted by atomic mass is 19.4. The van der Waals surface area contributed by atoms with E-state index in [-0.39, 0.29) is 17.5 Å². The Morgan fingerprint density at radius 1 is 1.22 bits per heavy atom. The minimum Gasteiger partial charge on any atom is -0.264 e. The fourth-order valence-electron chi connectivity index (χ4n) is 1.75. The number of nitrogens with zero attached hydrogens (tertiary/aromatic N) is 7. The molecular formula is C13H6F3N7. The van der Waals surface area contributed by atoms with Crippen molar-refractivity contribution < 1.29 is 13.2 Å². The van der Waals surface area contributed by atoms with E-state index >= 15 is 0 Å². The fraction of sp³-hybridized carbons (Fsp3) is 0.0769. The summed E-state index contributed by atoms with van der Waals surface area (Å²) in [6, 6.07) is 5.51. The van der Waals surface area contributed by atoms with Crippen LogP contribution in [0.5, 0.6) is 0 Å². The predicted octanol–water partition coefficient (Wildman–Crippen LogP) is 2.01. The molecule has 0 saturated carbocycles. The second kappa shape index (κ2) is 5.45. The van der Waals surface area contributed by atoms with Crippen molar-refractivity contribution in [2.24, 2.45) is 0 Å². The van der Waals surface area contributed by atoms with Crippen LogP contribution in [0, 0.1) is 11.3 Å². The summed E-state index contributed by atoms with van der Waals surface area (Å²) < 4.78 is 40.1. The zero-order chi connectivity index (χ0) is 16.4. The van der Waals surface area contributed by atoms with Crippen LogP contribution in [0.25, 0.3) is 17.2 Å². The summed E-state index contributed by atoms with van der Waals surface area (Å²) in [4.78, 5) is 15.0. The number of hydrogen-bond donors (Lipinski definition) is 0. The topological polar surface area (TPSA) is 93.2 Å². The van der Waals surface area contributed by atoms with E-state index < -0.39 is 11.9 Å². The van der Waals surface area contributed by atoms with Crippen LogP contribution in [0.4, 0.5) is 13.2 Å². The van der Waals surface area contributed by atoms with Crippen molar-refractivity contribution in [2.45, 2.75) is 6.18 Å². The van der Waals surface area contributed by atoms with Crippen molar-refractivity contribution in [1.29, 1.82) is 5.26 Å². The number of rotatable bonds is 2. The molecule has 0 saturated heterocycles. The molecule has 7 nitrogen and oxygen atoms in total. The lowest BCUT2D eigenvalue weighted by atomic mass is 10.2. The van der Waals surface area contributed by atoms with E-state index in [9.17, 15) is 13.2 Å². The minimum absolute atomic E-state index is 0.153. The Balaban J connectivity index is 2.18. The lowest BCUT2D eigenvalue weighted by molar-refractivity contribution is -0.141. The highest BCUT2D eigenvalue weighted by Crippen LogP contribution is 2.30. The van der Waals surface area contributed by atoms with Gasteiger partial charge in [-0.2, -0.15) is 18.4 Å². The Labute approximate surface area is 127 Å². The van der Waals surface area contributed by atoms with Crippen LogP contribution in [-0.2, 0) is 6.18 Å². The Hall–Kier alpha value is -3.35. The van der Waals surface area contributed by atoms with Gasteiger partial charge in [0.15, 0.2) is 17.3 Å². The molecule has 0 aromatic carbocycles. The van der Waals surface area contributed by atoms with Gasteiger partial charge in [0.2, 0.25) is 0 Å². The van der Waals surface area contributed by atoms with E-state index in [1.807, 2.05) is 0 Å². The van der Waals surface area contributed by atoms with Crippen molar-refractivity contribution >= 4 is 0 Å². The van der Waals surface area contributed by atoms with Crippen molar-refractivity contribution in [1.82, 2.24) is 29.7 Å². The molecule has 3 aromatic rings. The molecule has 3 rings (SSSR count). The van der Waals surface area contributed by atoms with Crippen molar-refractivity contribution in [2.75, 3.05) is 0 Å². The van der Waals surface area contributed by atoms with E-state index in [0.717, 1.165) is 17.1 Å². The molecule has 23 heavy (non-hydrogen) atoms. The van der Waals surface area contributed by atoms with Gasteiger partial charge < -0.3 is 0 Å². The molecule has 0 spiro atoms. The fourth-order valence-corrected chi connectivity index (χ4v) is 1.75. The molecule has 10 heteroatoms. The standard InChI is InChI=1S/C13H6F3N7/c14-13(15,16)9-4-11(23-7-19-10(5-17)22-23)21-12(20-9)8-2-1-3-18-6-8/h1-4,6-7H. The molecule has 0 fully saturated rings. The molecule has 0 amide bonds. The first-order valence-corrected chi connectivity index (χ1v) is 6.16. The van der Waals surface area contributed by atoms with Crippen LogP contribution in [-0.4, -0.2) is 29.7 Å². The SMILES string of the molecule is N#Cc1ncn(-c2cc(C(F)(F)F)nc(-c3cccnc3)n2)n1. The van der Waals surface area contributed by atoms with Gasteiger partial charge in [-0.25, -0.2) is 19.6 Å². The maximum Gasteiger partial charge on any atom is 0.433 e. The predicted molar refractivity (Wildman–Crippen MR) is 69.9 cm³/mol. The summed E-state index contributed by atoms with van der Waals surface area (Å²) in [7, 11) is 0. The van der Waals surface area contributed by atoms with E-state index in [2.05, 4.69) is 25.0 Å². The van der Waals surface area contributed by atoms with Crippen LogP contribution < -0.4 is 0 Å². The number of halogens is 3. The maximum absolute atomic E-state index is 13.0. The first kappa shape index (κ1) is 14.6. The zero-order valence-electron chi connectivity index (χ0n) is 11.2. The van der Waals surface area contributed by atoms with Crippen LogP contribution >= 0.6 is 0 Å². The van der Waals surface area contributed by atoms with Crippen molar-refractivity contribution in [3.05, 3.63) is 48.4 Å². The van der Waals surface area contributed by atoms with Crippen LogP contribution in [0.2, 0.25) is 0 Å². The van der Waals surface area contributed by atoms with Crippen LogP contribution in [0.15, 0.2) is 36.9 Å². The molecule has 0 N–H and O–H groups in total. The summed E-state index contributed by atoms with van der Waals surface area (Å²) in [6.45, 7) is 0. The quantitative estimate of drug-likeness (QED) is 0.718. The van der Waals surface area contributed by atoms with Gasteiger partial charge in [-0.3, -0.25) is 4.98 Å². The second-order valence-electron chi connectivity index (χ2n) is 4.30. The number of aromatic nitrogens is 6. The molecule has 3 heterocycles. The first-order chi connectivity index (χ1) is 11.0. The van der Waals surface area contributed by atoms with Gasteiger partial charge in [-0.05, 0) is 12.1 Å². The molecule has 114 valence electrons. The zero-order valence-corrected chi connectivity index (χ0v) is 11.2. The highest BCUT2D eigenvalue weighted by molar-refractivity contribution is 5.54. The third-order valence-corrected chi connectivity index (χ3v) is 2.75. The Kier molecular flexibility index (Phi) is 3.46. The van der Waals surface area contributed by atoms with Gasteiger partial charge >= 0.3 is 6.18 Å². The van der Waals surface area contributed by atoms with Gasteiger partial charge in [-0.1, -0.05) is 0 Å². The summed E-state index contributed by atoms with van der Waals surface area (Å²) in [5.74, 6) is -0.489. The molecule has 0 radical (unpaired) electrons. The number of nitriles is 1.